The second kappa shape index (κ2) is 7.19. The Kier molecular flexibility index (Phi) is 5.30. The highest BCUT2D eigenvalue weighted by atomic mass is 32.1. The van der Waals surface area contributed by atoms with Crippen LogP contribution < -0.4 is 10.5 Å². The molecular weight excluding hydrogens is 284 g/mol. The Hall–Kier alpha value is -1.92. The molecule has 0 aliphatic carbocycles. The average Bonchev–Trinajstić information content (AvgIpc) is 2.84. The van der Waals surface area contributed by atoms with Crippen LogP contribution in [0.2, 0.25) is 0 Å². The topological polar surface area (TPSA) is 75.2 Å². The van der Waals surface area contributed by atoms with Gasteiger partial charge in [0.2, 0.25) is 0 Å². The first kappa shape index (κ1) is 15.5. The van der Waals surface area contributed by atoms with Gasteiger partial charge in [-0.2, -0.15) is 0 Å². The van der Waals surface area contributed by atoms with E-state index in [1.807, 2.05) is 19.1 Å². The summed E-state index contributed by atoms with van der Waals surface area (Å²) in [7, 11) is 2.05. The summed E-state index contributed by atoms with van der Waals surface area (Å²) in [5.41, 5.74) is 7.22. The van der Waals surface area contributed by atoms with Crippen LogP contribution in [0.4, 0.5) is 0 Å². The molecule has 1 heterocycles. The van der Waals surface area contributed by atoms with Crippen molar-refractivity contribution in [2.75, 3.05) is 20.2 Å². The maximum absolute atomic E-state index is 7.33. The van der Waals surface area contributed by atoms with Crippen LogP contribution in [-0.2, 0) is 6.54 Å². The predicted octanol–water partition coefficient (Wildman–Crippen LogP) is 2.25. The zero-order chi connectivity index (χ0) is 15.2. The molecule has 6 heteroatoms. The van der Waals surface area contributed by atoms with Crippen LogP contribution in [0.3, 0.4) is 0 Å². The van der Waals surface area contributed by atoms with E-state index in [-0.39, 0.29) is 5.84 Å². The average molecular weight is 304 g/mol. The smallest absolute Gasteiger partial charge is 0.122 e. The van der Waals surface area contributed by atoms with Gasteiger partial charge in [0, 0.05) is 24.0 Å². The van der Waals surface area contributed by atoms with Gasteiger partial charge in [0.05, 0.1) is 10.7 Å². The van der Waals surface area contributed by atoms with Gasteiger partial charge >= 0.3 is 0 Å². The third kappa shape index (κ3) is 4.84. The second-order valence-electron chi connectivity index (χ2n) is 4.88. The molecule has 1 aromatic heterocycles. The fourth-order valence-corrected chi connectivity index (χ4v) is 2.49. The second-order valence-corrected chi connectivity index (χ2v) is 5.94. The van der Waals surface area contributed by atoms with Crippen molar-refractivity contribution in [1.82, 2.24) is 9.88 Å². The fourth-order valence-electron chi connectivity index (χ4n) is 1.89. The van der Waals surface area contributed by atoms with E-state index in [9.17, 15) is 0 Å². The quantitative estimate of drug-likeness (QED) is 0.607. The molecule has 2 rings (SSSR count). The van der Waals surface area contributed by atoms with E-state index in [4.69, 9.17) is 15.9 Å². The highest BCUT2D eigenvalue weighted by molar-refractivity contribution is 7.09. The minimum atomic E-state index is 0.0693. The number of hydrogen-bond acceptors (Lipinski definition) is 5. The Morgan fingerprint density at radius 3 is 2.67 bits per heavy atom. The zero-order valence-electron chi connectivity index (χ0n) is 12.3. The molecule has 0 amide bonds. The summed E-state index contributed by atoms with van der Waals surface area (Å²) in [4.78, 5) is 6.63. The molecule has 5 nitrogen and oxygen atoms in total. The molecule has 0 saturated heterocycles. The van der Waals surface area contributed by atoms with Gasteiger partial charge in [-0.05, 0) is 38.2 Å². The molecular formula is C15H20N4OS. The Morgan fingerprint density at radius 2 is 2.10 bits per heavy atom. The maximum atomic E-state index is 7.33. The van der Waals surface area contributed by atoms with Gasteiger partial charge in [0.1, 0.15) is 18.2 Å². The molecule has 0 bridgehead atoms. The lowest BCUT2D eigenvalue weighted by molar-refractivity contribution is 0.231. The van der Waals surface area contributed by atoms with Crippen LogP contribution >= 0.6 is 11.3 Å². The highest BCUT2D eigenvalue weighted by Gasteiger charge is 2.04. The minimum absolute atomic E-state index is 0.0693. The molecule has 0 unspecified atom stereocenters. The van der Waals surface area contributed by atoms with Crippen molar-refractivity contribution in [1.29, 1.82) is 5.41 Å². The molecule has 0 radical (unpaired) electrons. The number of nitrogens with one attached hydrogen (secondary N) is 1. The Labute approximate surface area is 128 Å². The van der Waals surface area contributed by atoms with Crippen LogP contribution in [-0.4, -0.2) is 35.9 Å². The molecule has 1 aromatic carbocycles. The van der Waals surface area contributed by atoms with Crippen LogP contribution in [0.5, 0.6) is 5.75 Å². The van der Waals surface area contributed by atoms with E-state index >= 15 is 0 Å². The summed E-state index contributed by atoms with van der Waals surface area (Å²) < 4.78 is 5.68. The number of amidine groups is 1. The lowest BCUT2D eigenvalue weighted by Gasteiger charge is -2.15. The fraction of sp³-hybridized carbons (Fsp3) is 0.333. The number of benzene rings is 1. The van der Waals surface area contributed by atoms with Gasteiger partial charge in [-0.25, -0.2) is 4.98 Å². The molecule has 112 valence electrons. The molecule has 0 saturated carbocycles. The van der Waals surface area contributed by atoms with Crippen molar-refractivity contribution in [2.24, 2.45) is 5.73 Å². The summed E-state index contributed by atoms with van der Waals surface area (Å²) >= 11 is 1.67. The first-order valence-electron chi connectivity index (χ1n) is 6.71. The Bertz CT molecular complexity index is 594. The van der Waals surface area contributed by atoms with Crippen molar-refractivity contribution in [3.8, 4) is 5.75 Å². The van der Waals surface area contributed by atoms with Crippen LogP contribution in [0.15, 0.2) is 29.6 Å². The monoisotopic (exact) mass is 304 g/mol. The normalized spacial score (nSPS) is 10.8. The third-order valence-corrected chi connectivity index (χ3v) is 3.83. The number of aromatic nitrogens is 1. The molecule has 0 atom stereocenters. The number of rotatable bonds is 7. The lowest BCUT2D eigenvalue weighted by atomic mass is 10.2. The molecule has 2 aromatic rings. The van der Waals surface area contributed by atoms with Crippen molar-refractivity contribution < 1.29 is 4.74 Å². The van der Waals surface area contributed by atoms with E-state index in [0.29, 0.717) is 12.2 Å². The number of nitrogen functional groups attached to an aromatic ring is 1. The van der Waals surface area contributed by atoms with Gasteiger partial charge in [0.15, 0.2) is 0 Å². The number of likely N-dealkylation sites (N-methyl/N-ethyl adjacent to an activating group) is 1. The Balaban J connectivity index is 1.74. The predicted molar refractivity (Wildman–Crippen MR) is 86.1 cm³/mol. The SMILES string of the molecule is Cc1nc(CN(C)CCOc2ccc(C(=N)N)cc2)cs1. The molecule has 3 N–H and O–H groups in total. The number of aryl methyl sites for hydroxylation is 1. The summed E-state index contributed by atoms with van der Waals surface area (Å²) in [6, 6.07) is 7.25. The standard InChI is InChI=1S/C15H20N4OS/c1-11-18-13(10-21-11)9-19(2)7-8-20-14-5-3-12(4-6-14)15(16)17/h3-6,10H,7-9H2,1-2H3,(H3,16,17). The molecule has 0 aliphatic rings. The first-order chi connectivity index (χ1) is 10.0. The van der Waals surface area contributed by atoms with Gasteiger partial charge < -0.3 is 10.5 Å². The highest BCUT2D eigenvalue weighted by Crippen LogP contribution is 2.12. The summed E-state index contributed by atoms with van der Waals surface area (Å²) in [6.07, 6.45) is 0. The summed E-state index contributed by atoms with van der Waals surface area (Å²) in [6.45, 7) is 4.28. The molecule has 0 fully saturated rings. The van der Waals surface area contributed by atoms with Crippen LogP contribution in [0, 0.1) is 12.3 Å². The lowest BCUT2D eigenvalue weighted by Crippen LogP contribution is -2.24. The van der Waals surface area contributed by atoms with Gasteiger partial charge in [-0.3, -0.25) is 10.3 Å². The number of hydrogen-bond donors (Lipinski definition) is 2. The van der Waals surface area contributed by atoms with Crippen molar-refractivity contribution in [3.63, 3.8) is 0 Å². The van der Waals surface area contributed by atoms with E-state index in [0.717, 1.165) is 29.5 Å². The van der Waals surface area contributed by atoms with Gasteiger partial charge in [-0.15, -0.1) is 11.3 Å². The molecule has 0 aliphatic heterocycles. The number of nitrogens with zero attached hydrogens (tertiary/aromatic N) is 2. The summed E-state index contributed by atoms with van der Waals surface area (Å²) in [5, 5.41) is 10.5. The van der Waals surface area contributed by atoms with E-state index in [2.05, 4.69) is 22.3 Å². The molecule has 21 heavy (non-hydrogen) atoms. The van der Waals surface area contributed by atoms with Crippen molar-refractivity contribution >= 4 is 17.2 Å². The van der Waals surface area contributed by atoms with E-state index < -0.39 is 0 Å². The number of ether oxygens (including phenoxy) is 1. The summed E-state index contributed by atoms with van der Waals surface area (Å²) in [5.74, 6) is 0.859. The van der Waals surface area contributed by atoms with Gasteiger partial charge in [-0.1, -0.05) is 0 Å². The number of nitrogens with two attached hydrogens (primary N) is 1. The first-order valence-corrected chi connectivity index (χ1v) is 7.59. The minimum Gasteiger partial charge on any atom is -0.492 e. The van der Waals surface area contributed by atoms with Crippen molar-refractivity contribution in [2.45, 2.75) is 13.5 Å². The number of thiazole rings is 1. The molecule has 0 spiro atoms. The maximum Gasteiger partial charge on any atom is 0.122 e. The van der Waals surface area contributed by atoms with Crippen LogP contribution in [0.1, 0.15) is 16.3 Å². The van der Waals surface area contributed by atoms with Gasteiger partial charge in [0.25, 0.3) is 0 Å². The largest absolute Gasteiger partial charge is 0.492 e. The van der Waals surface area contributed by atoms with E-state index in [1.54, 1.807) is 23.5 Å². The third-order valence-electron chi connectivity index (χ3n) is 3.01. The zero-order valence-corrected chi connectivity index (χ0v) is 13.1. The Morgan fingerprint density at radius 1 is 1.38 bits per heavy atom. The van der Waals surface area contributed by atoms with E-state index in [1.165, 1.54) is 0 Å². The van der Waals surface area contributed by atoms with Crippen molar-refractivity contribution in [3.05, 3.63) is 45.9 Å². The van der Waals surface area contributed by atoms with Crippen LogP contribution in [0.25, 0.3) is 0 Å².